The third-order valence-electron chi connectivity index (χ3n) is 11.4. The maximum atomic E-state index is 13.2. The minimum absolute atomic E-state index is 0.0566. The molecule has 3 N–H and O–H groups in total. The molecule has 0 bridgehead atoms. The van der Waals surface area contributed by atoms with E-state index in [4.69, 9.17) is 4.74 Å². The summed E-state index contributed by atoms with van der Waals surface area (Å²) in [4.78, 5) is 26.1. The third kappa shape index (κ3) is 45.4. The van der Waals surface area contributed by atoms with Crippen LogP contribution >= 0.6 is 0 Å². The van der Waals surface area contributed by atoms with Gasteiger partial charge in [-0.15, -0.1) is 0 Å². The highest BCUT2D eigenvalue weighted by atomic mass is 16.5. The molecule has 0 aromatic heterocycles. The van der Waals surface area contributed by atoms with Crippen molar-refractivity contribution >= 4 is 11.9 Å². The van der Waals surface area contributed by atoms with Crippen LogP contribution in [0, 0.1) is 0 Å². The molecular formula is C58H99NO5. The van der Waals surface area contributed by atoms with Crippen LogP contribution in [0.15, 0.2) is 97.2 Å². The predicted octanol–water partition coefficient (Wildman–Crippen LogP) is 16.1. The van der Waals surface area contributed by atoms with Gasteiger partial charge in [0.15, 0.2) is 0 Å². The van der Waals surface area contributed by atoms with E-state index in [9.17, 15) is 19.8 Å². The summed E-state index contributed by atoms with van der Waals surface area (Å²) in [6, 6.07) is -0.750. The van der Waals surface area contributed by atoms with Crippen LogP contribution in [0.1, 0.15) is 233 Å². The van der Waals surface area contributed by atoms with Crippen molar-refractivity contribution in [3.8, 4) is 0 Å². The Balaban J connectivity index is 4.80. The van der Waals surface area contributed by atoms with Crippen LogP contribution < -0.4 is 5.32 Å². The lowest BCUT2D eigenvalue weighted by Crippen LogP contribution is -2.46. The van der Waals surface area contributed by atoms with E-state index in [1.165, 1.54) is 103 Å². The van der Waals surface area contributed by atoms with Gasteiger partial charge in [0.25, 0.3) is 0 Å². The second-order valence-corrected chi connectivity index (χ2v) is 17.6. The summed E-state index contributed by atoms with van der Waals surface area (Å²) in [5.41, 5.74) is 0. The SMILES string of the molecule is CC/C=C\C/C=C\C/C=C\C/C=C\C/C=C\C/C=C\C(CC(=O)NC(CO)C(O)CCCCCCCCCCCCCCC)OC(=O)CCCCCCCC/C=C/C=C/CCCCC. The van der Waals surface area contributed by atoms with E-state index in [0.29, 0.717) is 19.3 Å². The summed E-state index contributed by atoms with van der Waals surface area (Å²) in [6.07, 6.45) is 67.8. The average Bonchev–Trinajstić information content (AvgIpc) is 3.29. The van der Waals surface area contributed by atoms with Gasteiger partial charge in [0.2, 0.25) is 5.91 Å². The molecule has 3 unspecified atom stereocenters. The second-order valence-electron chi connectivity index (χ2n) is 17.6. The number of carbonyl (C=O) groups excluding carboxylic acids is 2. The number of rotatable bonds is 46. The van der Waals surface area contributed by atoms with Crippen molar-refractivity contribution in [2.24, 2.45) is 0 Å². The highest BCUT2D eigenvalue weighted by Crippen LogP contribution is 2.16. The molecule has 0 saturated heterocycles. The summed E-state index contributed by atoms with van der Waals surface area (Å²) in [6.45, 7) is 6.30. The fraction of sp³-hybridized carbons (Fsp3) is 0.690. The molecule has 0 radical (unpaired) electrons. The number of carbonyl (C=O) groups is 2. The van der Waals surface area contributed by atoms with Gasteiger partial charge in [-0.05, 0) is 83.1 Å². The number of nitrogens with one attached hydrogen (secondary N) is 1. The second kappa shape index (κ2) is 50.8. The van der Waals surface area contributed by atoms with E-state index in [-0.39, 0.29) is 24.9 Å². The largest absolute Gasteiger partial charge is 0.458 e. The molecule has 0 aromatic carbocycles. The number of hydrogen-bond donors (Lipinski definition) is 3. The van der Waals surface area contributed by atoms with Crippen LogP contribution in [-0.2, 0) is 14.3 Å². The van der Waals surface area contributed by atoms with E-state index < -0.39 is 18.2 Å². The Morgan fingerprint density at radius 1 is 0.500 bits per heavy atom. The minimum Gasteiger partial charge on any atom is -0.458 e. The smallest absolute Gasteiger partial charge is 0.306 e. The molecule has 0 heterocycles. The van der Waals surface area contributed by atoms with Crippen LogP contribution in [-0.4, -0.2) is 46.9 Å². The number of amides is 1. The van der Waals surface area contributed by atoms with Gasteiger partial charge in [-0.1, -0.05) is 234 Å². The van der Waals surface area contributed by atoms with Crippen molar-refractivity contribution < 1.29 is 24.5 Å². The Kier molecular flexibility index (Phi) is 48.2. The zero-order valence-corrected chi connectivity index (χ0v) is 41.6. The van der Waals surface area contributed by atoms with Crippen LogP contribution in [0.3, 0.4) is 0 Å². The van der Waals surface area contributed by atoms with E-state index >= 15 is 0 Å². The molecule has 0 spiro atoms. The van der Waals surface area contributed by atoms with Gasteiger partial charge in [0.1, 0.15) is 6.10 Å². The average molecular weight is 890 g/mol. The Morgan fingerprint density at radius 3 is 1.39 bits per heavy atom. The van der Waals surface area contributed by atoms with Gasteiger partial charge < -0.3 is 20.3 Å². The lowest BCUT2D eigenvalue weighted by Gasteiger charge is -2.23. The van der Waals surface area contributed by atoms with Crippen molar-refractivity contribution in [3.05, 3.63) is 97.2 Å². The Hall–Kier alpha value is -3.22. The van der Waals surface area contributed by atoms with E-state index in [2.05, 4.69) is 111 Å². The zero-order chi connectivity index (χ0) is 46.7. The van der Waals surface area contributed by atoms with Gasteiger partial charge >= 0.3 is 5.97 Å². The fourth-order valence-electron chi connectivity index (χ4n) is 7.42. The summed E-state index contributed by atoms with van der Waals surface area (Å²) >= 11 is 0. The third-order valence-corrected chi connectivity index (χ3v) is 11.4. The van der Waals surface area contributed by atoms with Crippen LogP contribution in [0.5, 0.6) is 0 Å². The van der Waals surface area contributed by atoms with Gasteiger partial charge in [-0.3, -0.25) is 9.59 Å². The summed E-state index contributed by atoms with van der Waals surface area (Å²) in [5, 5.41) is 23.7. The minimum atomic E-state index is -0.827. The molecule has 0 rings (SSSR count). The molecule has 366 valence electrons. The molecule has 0 saturated carbocycles. The van der Waals surface area contributed by atoms with Crippen molar-refractivity contribution in [2.75, 3.05) is 6.61 Å². The van der Waals surface area contributed by atoms with Gasteiger partial charge in [0, 0.05) is 6.42 Å². The van der Waals surface area contributed by atoms with E-state index in [0.717, 1.165) is 83.5 Å². The number of hydrogen-bond acceptors (Lipinski definition) is 5. The van der Waals surface area contributed by atoms with Crippen LogP contribution in [0.25, 0.3) is 0 Å². The Bertz CT molecular complexity index is 1270. The van der Waals surface area contributed by atoms with E-state index in [1.807, 2.05) is 6.08 Å². The molecule has 0 aliphatic heterocycles. The molecule has 0 aliphatic carbocycles. The number of ether oxygens (including phenoxy) is 1. The zero-order valence-electron chi connectivity index (χ0n) is 41.6. The molecule has 0 fully saturated rings. The molecule has 3 atom stereocenters. The first-order valence-electron chi connectivity index (χ1n) is 26.5. The number of unbranched alkanes of at least 4 members (excludes halogenated alkanes) is 21. The molecular weight excluding hydrogens is 791 g/mol. The van der Waals surface area contributed by atoms with Crippen molar-refractivity contribution in [1.29, 1.82) is 0 Å². The molecule has 1 amide bonds. The standard InChI is InChI=1S/C58H99NO5/c1-4-7-10-13-16-19-22-25-27-28-30-32-34-37-40-43-46-49-54(64-58(63)51-48-45-42-39-36-33-29-26-23-20-17-14-11-8-5-2)52-57(62)59-55(53-60)56(61)50-47-44-41-38-35-31-24-21-18-15-12-9-6-3/h7,10,16-17,19-20,23,25-27,30,32,37,40,46,49,54-56,60-61H,4-6,8-9,11-15,18,21-22,24,28-29,31,33-36,38-39,41-45,47-48,50-53H2,1-3H3,(H,59,62)/b10-7-,19-16-,20-17+,26-23+,27-25-,32-30-,40-37-,49-46-. The molecule has 0 aliphatic rings. The van der Waals surface area contributed by atoms with Crippen LogP contribution in [0.2, 0.25) is 0 Å². The number of esters is 1. The first kappa shape index (κ1) is 60.8. The normalized spacial score (nSPS) is 14.0. The maximum absolute atomic E-state index is 13.2. The first-order chi connectivity index (χ1) is 31.5. The lowest BCUT2D eigenvalue weighted by molar-refractivity contribution is -0.148. The Morgan fingerprint density at radius 2 is 0.906 bits per heavy atom. The highest BCUT2D eigenvalue weighted by Gasteiger charge is 2.23. The van der Waals surface area contributed by atoms with Crippen LogP contribution in [0.4, 0.5) is 0 Å². The summed E-state index contributed by atoms with van der Waals surface area (Å²) in [7, 11) is 0. The number of aliphatic hydroxyl groups excluding tert-OH is 2. The van der Waals surface area contributed by atoms with Gasteiger partial charge in [-0.2, -0.15) is 0 Å². The van der Waals surface area contributed by atoms with Crippen molar-refractivity contribution in [2.45, 2.75) is 251 Å². The van der Waals surface area contributed by atoms with Crippen molar-refractivity contribution in [1.82, 2.24) is 5.32 Å². The first-order valence-corrected chi connectivity index (χ1v) is 26.5. The topological polar surface area (TPSA) is 95.9 Å². The molecule has 0 aromatic rings. The molecule has 6 heteroatoms. The number of aliphatic hydroxyl groups is 2. The highest BCUT2D eigenvalue weighted by molar-refractivity contribution is 5.78. The van der Waals surface area contributed by atoms with Gasteiger partial charge in [-0.25, -0.2) is 0 Å². The quantitative estimate of drug-likeness (QED) is 0.0245. The van der Waals surface area contributed by atoms with Crippen molar-refractivity contribution in [3.63, 3.8) is 0 Å². The summed E-state index contributed by atoms with van der Waals surface area (Å²) in [5.74, 6) is -0.648. The summed E-state index contributed by atoms with van der Waals surface area (Å²) < 4.78 is 5.82. The fourth-order valence-corrected chi connectivity index (χ4v) is 7.42. The number of allylic oxidation sites excluding steroid dienone is 15. The molecule has 64 heavy (non-hydrogen) atoms. The molecule has 6 nitrogen and oxygen atoms in total. The van der Waals surface area contributed by atoms with Gasteiger partial charge in [0.05, 0.1) is 25.2 Å². The Labute approximate surface area is 395 Å². The maximum Gasteiger partial charge on any atom is 0.306 e. The van der Waals surface area contributed by atoms with E-state index in [1.54, 1.807) is 6.08 Å². The lowest BCUT2D eigenvalue weighted by atomic mass is 10.0. The monoisotopic (exact) mass is 890 g/mol. The predicted molar refractivity (Wildman–Crippen MR) is 277 cm³/mol.